The van der Waals surface area contributed by atoms with Crippen LogP contribution in [-0.4, -0.2) is 28.9 Å². The summed E-state index contributed by atoms with van der Waals surface area (Å²) in [7, 11) is 0. The summed E-state index contributed by atoms with van der Waals surface area (Å²) in [6, 6.07) is 0.935. The average molecular weight is 274 g/mol. The summed E-state index contributed by atoms with van der Waals surface area (Å²) in [6.07, 6.45) is 10.2. The Morgan fingerprint density at radius 3 is 2.13 bits per heavy atom. The zero-order valence-electron chi connectivity index (χ0n) is 9.92. The Kier molecular flexibility index (Phi) is 4.51. The molecule has 1 aliphatic carbocycles. The topological polar surface area (TPSA) is 3.24 Å². The van der Waals surface area contributed by atoms with Crippen molar-refractivity contribution in [3.05, 3.63) is 0 Å². The first-order chi connectivity index (χ1) is 7.27. The second-order valence-electron chi connectivity index (χ2n) is 5.34. The summed E-state index contributed by atoms with van der Waals surface area (Å²) in [5, 5.41) is 0. The largest absolute Gasteiger partial charge is 0.300 e. The summed E-state index contributed by atoms with van der Waals surface area (Å²) in [5.74, 6) is 0.921. The van der Waals surface area contributed by atoms with Crippen molar-refractivity contribution in [3.8, 4) is 0 Å². The summed E-state index contributed by atoms with van der Waals surface area (Å²) in [5.41, 5.74) is 0. The molecule has 0 bridgehead atoms. The fourth-order valence-corrected chi connectivity index (χ4v) is 3.72. The molecule has 0 amide bonds. The molecule has 1 nitrogen and oxygen atoms in total. The van der Waals surface area contributed by atoms with Gasteiger partial charge in [0, 0.05) is 10.9 Å². The zero-order valence-corrected chi connectivity index (χ0v) is 11.5. The Balaban J connectivity index is 1.77. The minimum absolute atomic E-state index is 0.714. The SMILES string of the molecule is CC(Br)C1CCN(C2CCCCC2)CC1. The molecule has 1 heterocycles. The molecule has 88 valence electrons. The number of likely N-dealkylation sites (tertiary alicyclic amines) is 1. The van der Waals surface area contributed by atoms with E-state index in [1.807, 2.05) is 0 Å². The van der Waals surface area contributed by atoms with Crippen molar-refractivity contribution in [2.45, 2.75) is 62.7 Å². The third-order valence-electron chi connectivity index (χ3n) is 4.31. The number of hydrogen-bond donors (Lipinski definition) is 0. The molecule has 0 aromatic carbocycles. The van der Waals surface area contributed by atoms with E-state index < -0.39 is 0 Å². The molecule has 0 aromatic rings. The normalized spacial score (nSPS) is 29.2. The van der Waals surface area contributed by atoms with Crippen LogP contribution < -0.4 is 0 Å². The minimum Gasteiger partial charge on any atom is -0.300 e. The first-order valence-electron chi connectivity index (χ1n) is 6.65. The van der Waals surface area contributed by atoms with Crippen LogP contribution in [0.1, 0.15) is 51.9 Å². The summed E-state index contributed by atoms with van der Waals surface area (Å²) >= 11 is 3.73. The predicted octanol–water partition coefficient (Wildman–Crippen LogP) is 3.81. The number of nitrogens with zero attached hydrogens (tertiary/aromatic N) is 1. The lowest BCUT2D eigenvalue weighted by atomic mass is 9.89. The van der Waals surface area contributed by atoms with Gasteiger partial charge in [-0.1, -0.05) is 42.1 Å². The molecule has 1 saturated heterocycles. The maximum absolute atomic E-state index is 3.73. The summed E-state index contributed by atoms with van der Waals surface area (Å²) < 4.78 is 0. The highest BCUT2D eigenvalue weighted by atomic mass is 79.9. The van der Waals surface area contributed by atoms with Crippen molar-refractivity contribution < 1.29 is 0 Å². The number of piperidine rings is 1. The van der Waals surface area contributed by atoms with E-state index in [-0.39, 0.29) is 0 Å². The van der Waals surface area contributed by atoms with Crippen LogP contribution in [-0.2, 0) is 0 Å². The van der Waals surface area contributed by atoms with Crippen LogP contribution in [0.2, 0.25) is 0 Å². The highest BCUT2D eigenvalue weighted by Gasteiger charge is 2.27. The van der Waals surface area contributed by atoms with Crippen LogP contribution >= 0.6 is 15.9 Å². The molecule has 0 aromatic heterocycles. The van der Waals surface area contributed by atoms with Gasteiger partial charge in [0.25, 0.3) is 0 Å². The first kappa shape index (κ1) is 11.9. The highest BCUT2D eigenvalue weighted by molar-refractivity contribution is 9.09. The second kappa shape index (κ2) is 5.67. The summed E-state index contributed by atoms with van der Waals surface area (Å²) in [6.45, 7) is 5.01. The lowest BCUT2D eigenvalue weighted by Gasteiger charge is -2.40. The Bertz CT molecular complexity index is 179. The van der Waals surface area contributed by atoms with Crippen molar-refractivity contribution in [3.63, 3.8) is 0 Å². The Morgan fingerprint density at radius 1 is 1.00 bits per heavy atom. The molecule has 2 rings (SSSR count). The van der Waals surface area contributed by atoms with Gasteiger partial charge < -0.3 is 4.90 Å². The Labute approximate surface area is 103 Å². The molecular weight excluding hydrogens is 250 g/mol. The van der Waals surface area contributed by atoms with Gasteiger partial charge in [-0.05, 0) is 44.7 Å². The van der Waals surface area contributed by atoms with E-state index in [1.54, 1.807) is 0 Å². The van der Waals surface area contributed by atoms with Gasteiger partial charge in [0.1, 0.15) is 0 Å². The van der Waals surface area contributed by atoms with Crippen molar-refractivity contribution in [1.29, 1.82) is 0 Å². The molecular formula is C13H24BrN. The van der Waals surface area contributed by atoms with Crippen molar-refractivity contribution in [2.75, 3.05) is 13.1 Å². The fourth-order valence-electron chi connectivity index (χ4n) is 3.19. The minimum atomic E-state index is 0.714. The first-order valence-corrected chi connectivity index (χ1v) is 7.57. The highest BCUT2D eigenvalue weighted by Crippen LogP contribution is 2.29. The standard InChI is InChI=1S/C13H24BrN/c1-11(14)12-7-9-15(10-8-12)13-5-3-2-4-6-13/h11-13H,2-10H2,1H3. The molecule has 1 atom stereocenters. The molecule has 2 fully saturated rings. The van der Waals surface area contributed by atoms with Gasteiger partial charge in [0.2, 0.25) is 0 Å². The second-order valence-corrected chi connectivity index (χ2v) is 6.79. The van der Waals surface area contributed by atoms with E-state index >= 15 is 0 Å². The third-order valence-corrected chi connectivity index (χ3v) is 5.06. The molecule has 2 aliphatic rings. The van der Waals surface area contributed by atoms with E-state index in [0.29, 0.717) is 4.83 Å². The molecule has 1 unspecified atom stereocenters. The number of hydrogen-bond acceptors (Lipinski definition) is 1. The van der Waals surface area contributed by atoms with E-state index in [9.17, 15) is 0 Å². The average Bonchev–Trinajstić information content (AvgIpc) is 2.30. The van der Waals surface area contributed by atoms with Crippen LogP contribution in [0.25, 0.3) is 0 Å². The summed E-state index contributed by atoms with van der Waals surface area (Å²) in [4.78, 5) is 3.48. The van der Waals surface area contributed by atoms with Crippen LogP contribution in [0.5, 0.6) is 0 Å². The molecule has 0 N–H and O–H groups in total. The molecule has 1 saturated carbocycles. The monoisotopic (exact) mass is 273 g/mol. The smallest absolute Gasteiger partial charge is 0.0146 e. The van der Waals surface area contributed by atoms with Gasteiger partial charge in [-0.15, -0.1) is 0 Å². The number of rotatable bonds is 2. The van der Waals surface area contributed by atoms with Crippen LogP contribution in [0.3, 0.4) is 0 Å². The lowest BCUT2D eigenvalue weighted by molar-refractivity contribution is 0.107. The van der Waals surface area contributed by atoms with Crippen molar-refractivity contribution in [1.82, 2.24) is 4.90 Å². The van der Waals surface area contributed by atoms with Crippen LogP contribution in [0.15, 0.2) is 0 Å². The molecule has 0 radical (unpaired) electrons. The van der Waals surface area contributed by atoms with Gasteiger partial charge in [-0.25, -0.2) is 0 Å². The Morgan fingerprint density at radius 2 is 1.60 bits per heavy atom. The van der Waals surface area contributed by atoms with E-state index in [4.69, 9.17) is 0 Å². The van der Waals surface area contributed by atoms with Crippen LogP contribution in [0.4, 0.5) is 0 Å². The number of alkyl halides is 1. The van der Waals surface area contributed by atoms with Crippen molar-refractivity contribution >= 4 is 15.9 Å². The maximum Gasteiger partial charge on any atom is 0.0146 e. The molecule has 2 heteroatoms. The molecule has 1 aliphatic heterocycles. The van der Waals surface area contributed by atoms with Gasteiger partial charge in [0.05, 0.1) is 0 Å². The quantitative estimate of drug-likeness (QED) is 0.692. The van der Waals surface area contributed by atoms with E-state index in [1.165, 1.54) is 58.0 Å². The molecule has 15 heavy (non-hydrogen) atoms. The fraction of sp³-hybridized carbons (Fsp3) is 1.00. The van der Waals surface area contributed by atoms with Gasteiger partial charge in [0.15, 0.2) is 0 Å². The number of halogens is 1. The van der Waals surface area contributed by atoms with Gasteiger partial charge in [-0.2, -0.15) is 0 Å². The molecule has 0 spiro atoms. The van der Waals surface area contributed by atoms with Gasteiger partial charge in [-0.3, -0.25) is 0 Å². The van der Waals surface area contributed by atoms with E-state index in [2.05, 4.69) is 27.8 Å². The lowest BCUT2D eigenvalue weighted by Crippen LogP contribution is -2.43. The van der Waals surface area contributed by atoms with E-state index in [0.717, 1.165) is 12.0 Å². The van der Waals surface area contributed by atoms with Gasteiger partial charge >= 0.3 is 0 Å². The van der Waals surface area contributed by atoms with Crippen LogP contribution in [0, 0.1) is 5.92 Å². The van der Waals surface area contributed by atoms with Crippen molar-refractivity contribution in [2.24, 2.45) is 5.92 Å². The predicted molar refractivity (Wildman–Crippen MR) is 69.6 cm³/mol. The maximum atomic E-state index is 3.73. The Hall–Kier alpha value is 0.440. The third kappa shape index (κ3) is 3.20. The zero-order chi connectivity index (χ0) is 10.7.